The molecule has 1 aromatic carbocycles. The molecule has 3 fully saturated rings. The van der Waals surface area contributed by atoms with Crippen molar-refractivity contribution in [2.24, 2.45) is 11.8 Å². The predicted octanol–water partition coefficient (Wildman–Crippen LogP) is 2.72. The fraction of sp³-hybridized carbons (Fsp3) is 0.692. The third-order valence-corrected chi connectivity index (χ3v) is 11.1. The van der Waals surface area contributed by atoms with Crippen LogP contribution in [0.3, 0.4) is 0 Å². The summed E-state index contributed by atoms with van der Waals surface area (Å²) < 4.78 is 0. The highest BCUT2D eigenvalue weighted by molar-refractivity contribution is 5.96. The van der Waals surface area contributed by atoms with Gasteiger partial charge in [-0.3, -0.25) is 24.0 Å². The molecule has 52 heavy (non-hydrogen) atoms. The second-order valence-corrected chi connectivity index (χ2v) is 15.4. The van der Waals surface area contributed by atoms with Crippen LogP contribution in [0.2, 0.25) is 0 Å². The van der Waals surface area contributed by atoms with E-state index in [1.54, 1.807) is 14.0 Å². The molecule has 13 nitrogen and oxygen atoms in total. The first-order valence-corrected chi connectivity index (χ1v) is 19.2. The number of rotatable bonds is 16. The molecule has 5 amide bonds. The Morgan fingerprint density at radius 1 is 0.827 bits per heavy atom. The van der Waals surface area contributed by atoms with Crippen molar-refractivity contribution in [3.8, 4) is 0 Å². The molecule has 0 aromatic heterocycles. The molecule has 2 heterocycles. The van der Waals surface area contributed by atoms with Crippen LogP contribution in [0.4, 0.5) is 0 Å². The number of carboxylic acids is 1. The summed E-state index contributed by atoms with van der Waals surface area (Å²) >= 11 is 0. The van der Waals surface area contributed by atoms with E-state index in [1.165, 1.54) is 21.7 Å². The van der Waals surface area contributed by atoms with E-state index in [1.807, 2.05) is 44.2 Å². The van der Waals surface area contributed by atoms with Gasteiger partial charge in [-0.2, -0.15) is 0 Å². The van der Waals surface area contributed by atoms with Crippen LogP contribution < -0.4 is 16.0 Å². The lowest BCUT2D eigenvalue weighted by atomic mass is 9.84. The molecule has 4 N–H and O–H groups in total. The average Bonchev–Trinajstić information content (AvgIpc) is 3.85. The zero-order chi connectivity index (χ0) is 37.9. The molecule has 0 radical (unpaired) electrons. The number of hydrogen-bond acceptors (Lipinski definition) is 7. The zero-order valence-electron chi connectivity index (χ0n) is 31.6. The monoisotopic (exact) mass is 724 g/mol. The van der Waals surface area contributed by atoms with Gasteiger partial charge in [0.15, 0.2) is 0 Å². The van der Waals surface area contributed by atoms with Crippen molar-refractivity contribution < 1.29 is 33.9 Å². The van der Waals surface area contributed by atoms with E-state index in [9.17, 15) is 33.9 Å². The van der Waals surface area contributed by atoms with Crippen LogP contribution in [-0.2, 0) is 35.2 Å². The second-order valence-electron chi connectivity index (χ2n) is 15.4. The van der Waals surface area contributed by atoms with E-state index in [0.717, 1.165) is 50.6 Å². The molecular formula is C39H60N6O7. The number of aliphatic carboxylic acids is 1. The van der Waals surface area contributed by atoms with E-state index in [-0.39, 0.29) is 30.2 Å². The Bertz CT molecular complexity index is 1390. The molecule has 2 aliphatic heterocycles. The molecule has 288 valence electrons. The quantitative estimate of drug-likeness (QED) is 0.202. The third-order valence-electron chi connectivity index (χ3n) is 11.1. The number of benzene rings is 1. The van der Waals surface area contributed by atoms with Crippen LogP contribution >= 0.6 is 0 Å². The Morgan fingerprint density at radius 3 is 2.12 bits per heavy atom. The summed E-state index contributed by atoms with van der Waals surface area (Å²) in [5, 5.41) is 19.1. The standard InChI is InChI=1S/C39H60N6O7/c1-25(2)22-31(37(49)45-21-13-19-32(45)38(50)44(5)33(39(51)52)24-28-16-10-7-11-17-28)42-35(47)30(23-27-14-8-6-9-15-27)41-34(46)26(3)43(4)36(48)29-18-12-20-40-29/h7,10-11,16-17,25-27,29-33,40H,6,8-9,12-15,18-24H2,1-5H3,(H,41,46)(H,42,47)(H,51,52)/t26-,29-,30-,31-,32-,33-/m0/s1. The van der Waals surface area contributed by atoms with Gasteiger partial charge in [-0.1, -0.05) is 76.3 Å². The maximum absolute atomic E-state index is 14.3. The highest BCUT2D eigenvalue weighted by Crippen LogP contribution is 2.28. The van der Waals surface area contributed by atoms with Crippen LogP contribution in [0, 0.1) is 11.8 Å². The van der Waals surface area contributed by atoms with Crippen LogP contribution in [-0.4, -0.2) is 119 Å². The molecule has 1 aliphatic carbocycles. The van der Waals surface area contributed by atoms with Gasteiger partial charge in [0.1, 0.15) is 30.2 Å². The molecule has 1 saturated carbocycles. The van der Waals surface area contributed by atoms with Crippen molar-refractivity contribution in [2.75, 3.05) is 27.2 Å². The Hall–Kier alpha value is -4.00. The van der Waals surface area contributed by atoms with Gasteiger partial charge in [0.05, 0.1) is 6.04 Å². The predicted molar refractivity (Wildman–Crippen MR) is 197 cm³/mol. The van der Waals surface area contributed by atoms with Gasteiger partial charge < -0.3 is 35.8 Å². The number of carbonyl (C=O) groups is 6. The van der Waals surface area contributed by atoms with E-state index in [2.05, 4.69) is 16.0 Å². The molecule has 0 spiro atoms. The maximum atomic E-state index is 14.3. The molecular weight excluding hydrogens is 664 g/mol. The van der Waals surface area contributed by atoms with E-state index >= 15 is 0 Å². The summed E-state index contributed by atoms with van der Waals surface area (Å²) in [5.41, 5.74) is 0.780. The van der Waals surface area contributed by atoms with Crippen LogP contribution in [0.5, 0.6) is 0 Å². The molecule has 0 unspecified atom stereocenters. The summed E-state index contributed by atoms with van der Waals surface area (Å²) in [6, 6.07) is 4.12. The minimum atomic E-state index is -1.13. The summed E-state index contributed by atoms with van der Waals surface area (Å²) in [6.45, 7) is 6.61. The van der Waals surface area contributed by atoms with Gasteiger partial charge in [0, 0.05) is 27.1 Å². The summed E-state index contributed by atoms with van der Waals surface area (Å²) in [4.78, 5) is 85.4. The summed E-state index contributed by atoms with van der Waals surface area (Å²) in [6.07, 6.45) is 8.54. The molecule has 0 bridgehead atoms. The normalized spacial score (nSPS) is 21.5. The van der Waals surface area contributed by atoms with Crippen LogP contribution in [0.15, 0.2) is 30.3 Å². The number of carboxylic acid groups (broad SMARTS) is 1. The van der Waals surface area contributed by atoms with Crippen LogP contribution in [0.25, 0.3) is 0 Å². The lowest BCUT2D eigenvalue weighted by Gasteiger charge is -2.34. The fourth-order valence-corrected chi connectivity index (χ4v) is 7.86. The number of hydrogen-bond donors (Lipinski definition) is 4. The Labute approximate surface area is 308 Å². The zero-order valence-corrected chi connectivity index (χ0v) is 31.6. The smallest absolute Gasteiger partial charge is 0.326 e. The number of nitrogens with zero attached hydrogens (tertiary/aromatic N) is 3. The lowest BCUT2D eigenvalue weighted by Crippen LogP contribution is -2.59. The first kappa shape index (κ1) is 40.8. The largest absolute Gasteiger partial charge is 0.480 e. The van der Waals surface area contributed by atoms with Crippen molar-refractivity contribution in [2.45, 2.75) is 134 Å². The highest BCUT2D eigenvalue weighted by atomic mass is 16.4. The second kappa shape index (κ2) is 19.2. The Kier molecular flexibility index (Phi) is 15.0. The summed E-state index contributed by atoms with van der Waals surface area (Å²) in [7, 11) is 3.07. The van der Waals surface area contributed by atoms with Crippen molar-refractivity contribution in [3.63, 3.8) is 0 Å². The number of likely N-dealkylation sites (tertiary alicyclic amines) is 1. The van der Waals surface area contributed by atoms with Gasteiger partial charge in [-0.25, -0.2) is 4.79 Å². The average molecular weight is 725 g/mol. The molecule has 2 saturated heterocycles. The van der Waals surface area contributed by atoms with Gasteiger partial charge in [0.2, 0.25) is 29.5 Å². The van der Waals surface area contributed by atoms with Crippen molar-refractivity contribution in [1.82, 2.24) is 30.7 Å². The topological polar surface area (TPSA) is 168 Å². The first-order valence-electron chi connectivity index (χ1n) is 19.2. The van der Waals surface area contributed by atoms with Gasteiger partial charge in [-0.05, 0) is 69.4 Å². The van der Waals surface area contributed by atoms with E-state index in [0.29, 0.717) is 38.6 Å². The van der Waals surface area contributed by atoms with Crippen molar-refractivity contribution in [3.05, 3.63) is 35.9 Å². The maximum Gasteiger partial charge on any atom is 0.326 e. The number of carbonyl (C=O) groups excluding carboxylic acids is 5. The fourth-order valence-electron chi connectivity index (χ4n) is 7.86. The highest BCUT2D eigenvalue weighted by Gasteiger charge is 2.42. The Balaban J connectivity index is 1.49. The molecule has 13 heteroatoms. The molecule has 1 aromatic rings. The Morgan fingerprint density at radius 2 is 1.50 bits per heavy atom. The third kappa shape index (κ3) is 10.8. The minimum Gasteiger partial charge on any atom is -0.480 e. The summed E-state index contributed by atoms with van der Waals surface area (Å²) in [5.74, 6) is -2.80. The van der Waals surface area contributed by atoms with Gasteiger partial charge in [-0.15, -0.1) is 0 Å². The van der Waals surface area contributed by atoms with Gasteiger partial charge in [0.25, 0.3) is 0 Å². The molecule has 3 aliphatic rings. The number of likely N-dealkylation sites (N-methyl/N-ethyl adjacent to an activating group) is 2. The SMILES string of the molecule is CC(C)C[C@H](NC(=O)[C@H](CC1CCCCC1)NC(=O)[C@H](C)N(C)C(=O)[C@@H]1CCCN1)C(=O)N1CCC[C@H]1C(=O)N(C)[C@@H](Cc1ccccc1)C(=O)O. The number of amides is 5. The van der Waals surface area contributed by atoms with Gasteiger partial charge >= 0.3 is 5.97 Å². The lowest BCUT2D eigenvalue weighted by molar-refractivity contribution is -0.153. The van der Waals surface area contributed by atoms with Crippen LogP contribution in [0.1, 0.15) is 97.0 Å². The molecule has 4 rings (SSSR count). The van der Waals surface area contributed by atoms with E-state index in [4.69, 9.17) is 0 Å². The minimum absolute atomic E-state index is 0.0196. The first-order chi connectivity index (χ1) is 24.8. The van der Waals surface area contributed by atoms with Crippen molar-refractivity contribution in [1.29, 1.82) is 0 Å². The van der Waals surface area contributed by atoms with Crippen molar-refractivity contribution >= 4 is 35.5 Å². The number of nitrogens with one attached hydrogen (secondary N) is 3. The molecule has 6 atom stereocenters. The van der Waals surface area contributed by atoms with E-state index < -0.39 is 59.8 Å².